The van der Waals surface area contributed by atoms with Gasteiger partial charge in [-0.3, -0.25) is 14.6 Å². The molecule has 0 radical (unpaired) electrons. The van der Waals surface area contributed by atoms with Crippen molar-refractivity contribution < 1.29 is 14.3 Å². The lowest BCUT2D eigenvalue weighted by atomic mass is 9.96. The van der Waals surface area contributed by atoms with E-state index in [1.165, 1.54) is 0 Å². The Hall–Kier alpha value is -3.17. The molecule has 2 amide bonds. The molecular formula is C27H36N6O3. The summed E-state index contributed by atoms with van der Waals surface area (Å²) in [5.74, 6) is -0.376. The zero-order valence-electron chi connectivity index (χ0n) is 21.1. The van der Waals surface area contributed by atoms with E-state index in [2.05, 4.69) is 38.1 Å². The Kier molecular flexibility index (Phi) is 7.67. The summed E-state index contributed by atoms with van der Waals surface area (Å²) < 4.78 is 5.45. The summed E-state index contributed by atoms with van der Waals surface area (Å²) in [6.07, 6.45) is 3.29. The zero-order valence-corrected chi connectivity index (χ0v) is 21.1. The lowest BCUT2D eigenvalue weighted by Gasteiger charge is -2.34. The van der Waals surface area contributed by atoms with E-state index in [1.807, 2.05) is 30.3 Å². The van der Waals surface area contributed by atoms with Gasteiger partial charge in [0, 0.05) is 75.6 Å². The minimum Gasteiger partial charge on any atom is -0.378 e. The Morgan fingerprint density at radius 2 is 1.69 bits per heavy atom. The molecule has 9 nitrogen and oxygen atoms in total. The van der Waals surface area contributed by atoms with Crippen LogP contribution in [0.3, 0.4) is 0 Å². The first-order valence-electron chi connectivity index (χ1n) is 13.0. The third-order valence-corrected chi connectivity index (χ3v) is 7.40. The number of aromatic nitrogens is 1. The van der Waals surface area contributed by atoms with E-state index in [0.29, 0.717) is 18.8 Å². The summed E-state index contributed by atoms with van der Waals surface area (Å²) >= 11 is 0. The van der Waals surface area contributed by atoms with E-state index < -0.39 is 0 Å². The number of benzene rings is 1. The van der Waals surface area contributed by atoms with Crippen LogP contribution >= 0.6 is 0 Å². The molecule has 0 bridgehead atoms. The number of carbonyl (C=O) groups is 2. The van der Waals surface area contributed by atoms with Gasteiger partial charge in [0.1, 0.15) is 5.69 Å². The Bertz CT molecular complexity index is 1060. The van der Waals surface area contributed by atoms with Gasteiger partial charge in [0.15, 0.2) is 0 Å². The van der Waals surface area contributed by atoms with Gasteiger partial charge in [-0.1, -0.05) is 6.07 Å². The minimum absolute atomic E-state index is 0.0363. The Morgan fingerprint density at radius 1 is 0.944 bits per heavy atom. The highest BCUT2D eigenvalue weighted by Crippen LogP contribution is 2.24. The van der Waals surface area contributed by atoms with E-state index in [1.54, 1.807) is 11.1 Å². The number of amides is 2. The number of hydrogen-bond acceptors (Lipinski definition) is 7. The van der Waals surface area contributed by atoms with Crippen molar-refractivity contribution in [3.63, 3.8) is 0 Å². The summed E-state index contributed by atoms with van der Waals surface area (Å²) in [6, 6.07) is 11.8. The molecule has 3 fully saturated rings. The second-order valence-electron chi connectivity index (χ2n) is 9.92. The minimum atomic E-state index is -0.240. The van der Waals surface area contributed by atoms with Crippen molar-refractivity contribution in [3.8, 4) is 0 Å². The number of piperidine rings is 1. The molecule has 3 aliphatic heterocycles. The number of rotatable bonds is 5. The molecule has 3 aliphatic rings. The van der Waals surface area contributed by atoms with Crippen LogP contribution in [0.1, 0.15) is 23.3 Å². The van der Waals surface area contributed by atoms with Crippen LogP contribution in [0.4, 0.5) is 17.1 Å². The number of nitrogens with zero attached hydrogens (tertiary/aromatic N) is 5. The largest absolute Gasteiger partial charge is 0.378 e. The molecule has 1 aromatic carbocycles. The first-order valence-corrected chi connectivity index (χ1v) is 13.0. The van der Waals surface area contributed by atoms with Crippen LogP contribution in [0.2, 0.25) is 0 Å². The molecule has 1 aromatic heterocycles. The molecule has 192 valence electrons. The van der Waals surface area contributed by atoms with Crippen LogP contribution < -0.4 is 15.1 Å². The van der Waals surface area contributed by atoms with Gasteiger partial charge in [-0.15, -0.1) is 0 Å². The van der Waals surface area contributed by atoms with Gasteiger partial charge < -0.3 is 29.7 Å². The summed E-state index contributed by atoms with van der Waals surface area (Å²) in [5, 5.41) is 3.08. The molecular weight excluding hydrogens is 456 g/mol. The molecule has 4 heterocycles. The predicted molar refractivity (Wildman–Crippen MR) is 141 cm³/mol. The van der Waals surface area contributed by atoms with Crippen LogP contribution in [0, 0.1) is 5.92 Å². The lowest BCUT2D eigenvalue weighted by Crippen LogP contribution is -2.45. The van der Waals surface area contributed by atoms with E-state index in [9.17, 15) is 9.59 Å². The quantitative estimate of drug-likeness (QED) is 0.685. The van der Waals surface area contributed by atoms with E-state index in [4.69, 9.17) is 4.74 Å². The number of carbonyl (C=O) groups excluding carboxylic acids is 2. The standard InChI is InChI=1S/C27H36N6O3/c1-30-10-12-31(13-11-30)24-7-8-28-25(19-24)27(35)33-9-3-4-21(20-33)26(34)29-22-5-2-6-23(18-22)32-14-16-36-17-15-32/h2,5-8,18-19,21H,3-4,9-17,20H2,1H3,(H,29,34)/t21-/m0/s1. The topological polar surface area (TPSA) is 81.2 Å². The Labute approximate surface area is 213 Å². The second kappa shape index (κ2) is 11.3. The molecule has 1 N–H and O–H groups in total. The molecule has 2 aromatic rings. The van der Waals surface area contributed by atoms with Crippen molar-refractivity contribution in [2.45, 2.75) is 12.8 Å². The Balaban J connectivity index is 1.21. The van der Waals surface area contributed by atoms with Crippen molar-refractivity contribution in [2.75, 3.05) is 87.7 Å². The van der Waals surface area contributed by atoms with Gasteiger partial charge >= 0.3 is 0 Å². The van der Waals surface area contributed by atoms with Gasteiger partial charge in [0.2, 0.25) is 5.91 Å². The van der Waals surface area contributed by atoms with Gasteiger partial charge in [-0.2, -0.15) is 0 Å². The first kappa shape index (κ1) is 24.5. The van der Waals surface area contributed by atoms with Crippen molar-refractivity contribution >= 4 is 28.9 Å². The summed E-state index contributed by atoms with van der Waals surface area (Å²) in [6.45, 7) is 8.07. The van der Waals surface area contributed by atoms with Gasteiger partial charge in [-0.25, -0.2) is 0 Å². The van der Waals surface area contributed by atoms with Crippen molar-refractivity contribution in [3.05, 3.63) is 48.3 Å². The number of morpholine rings is 1. The van der Waals surface area contributed by atoms with Crippen molar-refractivity contribution in [2.24, 2.45) is 5.92 Å². The summed E-state index contributed by atoms with van der Waals surface area (Å²) in [7, 11) is 2.13. The highest BCUT2D eigenvalue weighted by atomic mass is 16.5. The smallest absolute Gasteiger partial charge is 0.272 e. The fourth-order valence-corrected chi connectivity index (χ4v) is 5.18. The molecule has 0 saturated carbocycles. The van der Waals surface area contributed by atoms with Gasteiger partial charge in [0.25, 0.3) is 5.91 Å². The molecule has 9 heteroatoms. The van der Waals surface area contributed by atoms with Crippen molar-refractivity contribution in [1.29, 1.82) is 0 Å². The average molecular weight is 493 g/mol. The maximum Gasteiger partial charge on any atom is 0.272 e. The SMILES string of the molecule is CN1CCN(c2ccnc(C(=O)N3CCC[C@H](C(=O)Nc4cccc(N5CCOCC5)c4)C3)c2)CC1. The van der Waals surface area contributed by atoms with E-state index in [-0.39, 0.29) is 17.7 Å². The number of likely N-dealkylation sites (tertiary alicyclic amines) is 1. The predicted octanol–water partition coefficient (Wildman–Crippen LogP) is 2.16. The zero-order chi connectivity index (χ0) is 24.9. The molecule has 3 saturated heterocycles. The number of piperazine rings is 1. The first-order chi connectivity index (χ1) is 17.6. The van der Waals surface area contributed by atoms with Crippen LogP contribution in [-0.2, 0) is 9.53 Å². The average Bonchev–Trinajstić information content (AvgIpc) is 2.94. The molecule has 5 rings (SSSR count). The van der Waals surface area contributed by atoms with Gasteiger partial charge in [0.05, 0.1) is 19.1 Å². The molecule has 36 heavy (non-hydrogen) atoms. The number of pyridine rings is 1. The fourth-order valence-electron chi connectivity index (χ4n) is 5.18. The van der Waals surface area contributed by atoms with E-state index in [0.717, 1.165) is 82.4 Å². The number of anilines is 3. The van der Waals surface area contributed by atoms with Crippen molar-refractivity contribution in [1.82, 2.24) is 14.8 Å². The lowest BCUT2D eigenvalue weighted by molar-refractivity contribution is -0.121. The third kappa shape index (κ3) is 5.79. The molecule has 0 unspecified atom stereocenters. The van der Waals surface area contributed by atoms with Gasteiger partial charge in [-0.05, 0) is 50.2 Å². The number of hydrogen-bond donors (Lipinski definition) is 1. The maximum absolute atomic E-state index is 13.3. The molecule has 0 aliphatic carbocycles. The Morgan fingerprint density at radius 3 is 2.50 bits per heavy atom. The molecule has 1 atom stereocenters. The third-order valence-electron chi connectivity index (χ3n) is 7.40. The maximum atomic E-state index is 13.3. The molecule has 0 spiro atoms. The monoisotopic (exact) mass is 492 g/mol. The van der Waals surface area contributed by atoms with Crippen LogP contribution in [0.5, 0.6) is 0 Å². The highest BCUT2D eigenvalue weighted by Gasteiger charge is 2.30. The number of likely N-dealkylation sites (N-methyl/N-ethyl adjacent to an activating group) is 1. The number of ether oxygens (including phenoxy) is 1. The van der Waals surface area contributed by atoms with Crippen LogP contribution in [0.15, 0.2) is 42.6 Å². The summed E-state index contributed by atoms with van der Waals surface area (Å²) in [4.78, 5) is 39.5. The summed E-state index contributed by atoms with van der Waals surface area (Å²) in [5.41, 5.74) is 3.36. The normalized spacial score (nSPS) is 21.4. The number of nitrogens with one attached hydrogen (secondary N) is 1. The fraction of sp³-hybridized carbons (Fsp3) is 0.519. The second-order valence-corrected chi connectivity index (χ2v) is 9.92. The van der Waals surface area contributed by atoms with Crippen LogP contribution in [-0.4, -0.2) is 99.2 Å². The van der Waals surface area contributed by atoms with E-state index >= 15 is 0 Å². The highest BCUT2D eigenvalue weighted by molar-refractivity contribution is 5.96. The van der Waals surface area contributed by atoms with Crippen LogP contribution in [0.25, 0.3) is 0 Å².